The number of nitrogens with one attached hydrogen (secondary N) is 3. The van der Waals surface area contributed by atoms with Crippen LogP contribution < -0.4 is 20.7 Å². The van der Waals surface area contributed by atoms with Crippen molar-refractivity contribution in [1.82, 2.24) is 10.6 Å². The minimum atomic E-state index is -3.08. The lowest BCUT2D eigenvalue weighted by molar-refractivity contribution is -0.117. The van der Waals surface area contributed by atoms with Crippen LogP contribution in [0.1, 0.15) is 13.3 Å². The van der Waals surface area contributed by atoms with Crippen molar-refractivity contribution < 1.29 is 22.7 Å². The number of urea groups is 1. The number of rotatable bonds is 6. The highest BCUT2D eigenvalue weighted by molar-refractivity contribution is 7.91. The molecule has 154 valence electrons. The number of ether oxygens (including phenoxy) is 1. The molecule has 0 spiro atoms. The van der Waals surface area contributed by atoms with Crippen LogP contribution in [0, 0.1) is 0 Å². The van der Waals surface area contributed by atoms with E-state index in [2.05, 4.69) is 16.0 Å². The van der Waals surface area contributed by atoms with Gasteiger partial charge in [-0.2, -0.15) is 0 Å². The van der Waals surface area contributed by atoms with E-state index in [-0.39, 0.29) is 11.5 Å². The highest BCUT2D eigenvalue weighted by atomic mass is 32.2. The van der Waals surface area contributed by atoms with Crippen LogP contribution in [0.15, 0.2) is 54.6 Å². The molecule has 2 aromatic carbocycles. The lowest BCUT2D eigenvalue weighted by Gasteiger charge is -2.17. The first kappa shape index (κ1) is 20.7. The van der Waals surface area contributed by atoms with Gasteiger partial charge >= 0.3 is 6.03 Å². The third kappa shape index (κ3) is 6.21. The second kappa shape index (κ2) is 8.95. The van der Waals surface area contributed by atoms with Crippen LogP contribution in [-0.4, -0.2) is 43.9 Å². The summed E-state index contributed by atoms with van der Waals surface area (Å²) in [4.78, 5) is 24.3. The number of amides is 3. The normalized spacial score (nSPS) is 18.4. The van der Waals surface area contributed by atoms with Crippen LogP contribution in [0.5, 0.6) is 11.5 Å². The highest BCUT2D eigenvalue weighted by Crippen LogP contribution is 2.22. The molecular weight excluding hydrogens is 394 g/mol. The minimum absolute atomic E-state index is 0.0674. The first-order valence-electron chi connectivity index (χ1n) is 9.22. The van der Waals surface area contributed by atoms with E-state index in [0.717, 1.165) is 0 Å². The van der Waals surface area contributed by atoms with Crippen molar-refractivity contribution in [3.8, 4) is 11.5 Å². The van der Waals surface area contributed by atoms with Gasteiger partial charge in [-0.25, -0.2) is 13.2 Å². The van der Waals surface area contributed by atoms with E-state index < -0.39 is 33.9 Å². The molecule has 3 amide bonds. The summed E-state index contributed by atoms with van der Waals surface area (Å²) < 4.78 is 28.6. The number of hydrogen-bond acceptors (Lipinski definition) is 5. The molecule has 3 rings (SSSR count). The smallest absolute Gasteiger partial charge is 0.315 e. The van der Waals surface area contributed by atoms with Gasteiger partial charge in [-0.15, -0.1) is 0 Å². The van der Waals surface area contributed by atoms with Crippen molar-refractivity contribution in [2.45, 2.75) is 25.4 Å². The van der Waals surface area contributed by atoms with E-state index in [1.165, 1.54) is 0 Å². The van der Waals surface area contributed by atoms with Crippen LogP contribution in [0.2, 0.25) is 0 Å². The Morgan fingerprint density at radius 3 is 2.31 bits per heavy atom. The fourth-order valence-electron chi connectivity index (χ4n) is 2.88. The number of sulfone groups is 1. The van der Waals surface area contributed by atoms with E-state index in [1.807, 2.05) is 30.3 Å². The standard InChI is InChI=1S/C20H23N3O5S/c1-14(21-20(25)23-16-11-12-29(26,27)13-16)19(24)22-15-7-9-18(10-8-15)28-17-5-3-2-4-6-17/h2-10,14,16H,11-13H2,1H3,(H,22,24)(H2,21,23,25)/t14-,16-/m0/s1. The fraction of sp³-hybridized carbons (Fsp3) is 0.300. The second-order valence-corrected chi connectivity index (χ2v) is 9.10. The molecule has 2 aromatic rings. The minimum Gasteiger partial charge on any atom is -0.457 e. The van der Waals surface area contributed by atoms with Crippen LogP contribution in [0.3, 0.4) is 0 Å². The molecule has 8 nitrogen and oxygen atoms in total. The SMILES string of the molecule is C[C@H](NC(=O)N[C@H]1CCS(=O)(=O)C1)C(=O)Nc1ccc(Oc2ccccc2)cc1. The van der Waals surface area contributed by atoms with Crippen molar-refractivity contribution >= 4 is 27.5 Å². The highest BCUT2D eigenvalue weighted by Gasteiger charge is 2.29. The van der Waals surface area contributed by atoms with Gasteiger partial charge in [0.25, 0.3) is 0 Å². The largest absolute Gasteiger partial charge is 0.457 e. The summed E-state index contributed by atoms with van der Waals surface area (Å²) in [6, 6.07) is 14.4. The van der Waals surface area contributed by atoms with E-state index in [0.29, 0.717) is 23.6 Å². The molecule has 3 N–H and O–H groups in total. The van der Waals surface area contributed by atoms with Crippen molar-refractivity contribution in [2.75, 3.05) is 16.8 Å². The Hall–Kier alpha value is -3.07. The van der Waals surface area contributed by atoms with Gasteiger partial charge in [-0.3, -0.25) is 4.79 Å². The molecule has 1 aliphatic rings. The molecule has 1 heterocycles. The number of carbonyl (C=O) groups is 2. The van der Waals surface area contributed by atoms with Gasteiger partial charge in [0, 0.05) is 11.7 Å². The summed E-state index contributed by atoms with van der Waals surface area (Å²) in [5.74, 6) is 0.946. The van der Waals surface area contributed by atoms with Gasteiger partial charge in [-0.1, -0.05) is 18.2 Å². The van der Waals surface area contributed by atoms with Gasteiger partial charge < -0.3 is 20.7 Å². The Bertz CT molecular complexity index is 961. The quantitative estimate of drug-likeness (QED) is 0.667. The Morgan fingerprint density at radius 2 is 1.69 bits per heavy atom. The lowest BCUT2D eigenvalue weighted by atomic mass is 10.2. The first-order chi connectivity index (χ1) is 13.8. The van der Waals surface area contributed by atoms with Crippen molar-refractivity contribution in [1.29, 1.82) is 0 Å². The van der Waals surface area contributed by atoms with Gasteiger partial charge in [-0.05, 0) is 49.7 Å². The molecule has 0 radical (unpaired) electrons. The number of carbonyl (C=O) groups excluding carboxylic acids is 2. The van der Waals surface area contributed by atoms with Gasteiger partial charge in [0.2, 0.25) is 5.91 Å². The monoisotopic (exact) mass is 417 g/mol. The predicted octanol–water partition coefficient (Wildman–Crippen LogP) is 2.29. The molecular formula is C20H23N3O5S. The summed E-state index contributed by atoms with van der Waals surface area (Å²) >= 11 is 0. The second-order valence-electron chi connectivity index (χ2n) is 6.87. The first-order valence-corrected chi connectivity index (χ1v) is 11.0. The number of benzene rings is 2. The zero-order valence-electron chi connectivity index (χ0n) is 15.9. The third-order valence-corrected chi connectivity index (χ3v) is 6.18. The molecule has 0 aromatic heterocycles. The van der Waals surface area contributed by atoms with Crippen molar-refractivity contribution in [2.24, 2.45) is 0 Å². The Morgan fingerprint density at radius 1 is 1.03 bits per heavy atom. The molecule has 1 aliphatic heterocycles. The zero-order chi connectivity index (χ0) is 20.9. The number of hydrogen-bond donors (Lipinski definition) is 3. The third-order valence-electron chi connectivity index (χ3n) is 4.41. The lowest BCUT2D eigenvalue weighted by Crippen LogP contribution is -2.49. The van der Waals surface area contributed by atoms with Crippen molar-refractivity contribution in [3.05, 3.63) is 54.6 Å². The number of para-hydroxylation sites is 1. The molecule has 2 atom stereocenters. The molecule has 0 saturated carbocycles. The molecule has 0 aliphatic carbocycles. The molecule has 29 heavy (non-hydrogen) atoms. The Kier molecular flexibility index (Phi) is 6.38. The number of anilines is 1. The van der Waals surface area contributed by atoms with Gasteiger partial charge in [0.15, 0.2) is 9.84 Å². The summed E-state index contributed by atoms with van der Waals surface area (Å²) in [6.07, 6.45) is 0.383. The van der Waals surface area contributed by atoms with Gasteiger partial charge in [0.1, 0.15) is 17.5 Å². The van der Waals surface area contributed by atoms with Gasteiger partial charge in [0.05, 0.1) is 11.5 Å². The predicted molar refractivity (Wildman–Crippen MR) is 110 cm³/mol. The molecule has 1 fully saturated rings. The molecule has 0 unspecified atom stereocenters. The maximum absolute atomic E-state index is 12.3. The molecule has 1 saturated heterocycles. The molecule has 0 bridgehead atoms. The average molecular weight is 417 g/mol. The topological polar surface area (TPSA) is 114 Å². The van der Waals surface area contributed by atoms with Crippen LogP contribution in [-0.2, 0) is 14.6 Å². The molecule has 9 heteroatoms. The van der Waals surface area contributed by atoms with E-state index >= 15 is 0 Å². The van der Waals surface area contributed by atoms with Crippen LogP contribution in [0.25, 0.3) is 0 Å². The van der Waals surface area contributed by atoms with E-state index in [4.69, 9.17) is 4.74 Å². The summed E-state index contributed by atoms with van der Waals surface area (Å²) in [5, 5.41) is 7.82. The van der Waals surface area contributed by atoms with Crippen LogP contribution in [0.4, 0.5) is 10.5 Å². The van der Waals surface area contributed by atoms with E-state index in [1.54, 1.807) is 31.2 Å². The van der Waals surface area contributed by atoms with E-state index in [9.17, 15) is 18.0 Å². The Labute approximate surface area is 169 Å². The van der Waals surface area contributed by atoms with Crippen molar-refractivity contribution in [3.63, 3.8) is 0 Å². The maximum atomic E-state index is 12.3. The summed E-state index contributed by atoms with van der Waals surface area (Å²) in [5.41, 5.74) is 0.561. The maximum Gasteiger partial charge on any atom is 0.315 e. The Balaban J connectivity index is 1.47. The summed E-state index contributed by atoms with van der Waals surface area (Å²) in [7, 11) is -3.08. The zero-order valence-corrected chi connectivity index (χ0v) is 16.7. The summed E-state index contributed by atoms with van der Waals surface area (Å²) in [6.45, 7) is 1.55. The fourth-order valence-corrected chi connectivity index (χ4v) is 4.55. The average Bonchev–Trinajstić information content (AvgIpc) is 3.02. The van der Waals surface area contributed by atoms with Crippen LogP contribution >= 0.6 is 0 Å².